The zero-order valence-corrected chi connectivity index (χ0v) is 15.9. The normalized spacial score (nSPS) is 13.7. The molecule has 0 fully saturated rings. The Hall–Kier alpha value is -3.40. The van der Waals surface area contributed by atoms with Gasteiger partial charge in [-0.2, -0.15) is 17.5 Å². The summed E-state index contributed by atoms with van der Waals surface area (Å²) in [6.07, 6.45) is 2.25. The average Bonchev–Trinajstić information content (AvgIpc) is 3.34. The van der Waals surface area contributed by atoms with E-state index in [0.717, 1.165) is 15.8 Å². The van der Waals surface area contributed by atoms with Crippen molar-refractivity contribution in [1.82, 2.24) is 19.0 Å². The molecule has 0 radical (unpaired) electrons. The Morgan fingerprint density at radius 2 is 1.90 bits per heavy atom. The number of nitrogens with zero attached hydrogens (tertiary/aromatic N) is 4. The lowest BCUT2D eigenvalue weighted by Crippen LogP contribution is -2.34. The summed E-state index contributed by atoms with van der Waals surface area (Å²) in [4.78, 5) is 9.73. The van der Waals surface area contributed by atoms with Crippen LogP contribution in [0.1, 0.15) is 5.56 Å². The summed E-state index contributed by atoms with van der Waals surface area (Å²) < 4.78 is 59.9. The standard InChI is InChI=1S/C20H12F4N4OS/c21-16-7-13(20(22,23)24)8-17-19(16)25-11-28(17)14-1-3-15(4-2-14)29-27-6-5-18-12(10-27)9-26-30-18/h1-5,7-11H,6H2. The topological polar surface area (TPSA) is 43.2 Å². The van der Waals surface area contributed by atoms with E-state index < -0.39 is 17.6 Å². The van der Waals surface area contributed by atoms with Gasteiger partial charge in [0.25, 0.3) is 0 Å². The van der Waals surface area contributed by atoms with Gasteiger partial charge in [-0.25, -0.2) is 14.4 Å². The monoisotopic (exact) mass is 432 g/mol. The van der Waals surface area contributed by atoms with Gasteiger partial charge in [-0.05, 0) is 54.0 Å². The fraction of sp³-hybridized carbons (Fsp3) is 0.100. The highest BCUT2D eigenvalue weighted by Crippen LogP contribution is 2.33. The van der Waals surface area contributed by atoms with Crippen molar-refractivity contribution in [3.63, 3.8) is 0 Å². The van der Waals surface area contributed by atoms with Crippen LogP contribution in [0.15, 0.2) is 48.9 Å². The zero-order chi connectivity index (χ0) is 20.9. The van der Waals surface area contributed by atoms with E-state index in [1.807, 2.05) is 12.3 Å². The third-order valence-electron chi connectivity index (χ3n) is 4.64. The van der Waals surface area contributed by atoms with Crippen LogP contribution in [0.25, 0.3) is 29.0 Å². The second kappa shape index (κ2) is 6.84. The maximum Gasteiger partial charge on any atom is 0.416 e. The van der Waals surface area contributed by atoms with Crippen molar-refractivity contribution in [1.29, 1.82) is 0 Å². The maximum atomic E-state index is 14.1. The minimum Gasteiger partial charge on any atom is -0.380 e. The fourth-order valence-electron chi connectivity index (χ4n) is 3.20. The van der Waals surface area contributed by atoms with E-state index in [0.29, 0.717) is 24.0 Å². The number of halogens is 4. The van der Waals surface area contributed by atoms with Crippen LogP contribution in [-0.4, -0.2) is 25.5 Å². The van der Waals surface area contributed by atoms with Gasteiger partial charge in [0.1, 0.15) is 11.8 Å². The predicted octanol–water partition coefficient (Wildman–Crippen LogP) is 3.47. The smallest absolute Gasteiger partial charge is 0.380 e. The molecule has 0 spiro atoms. The van der Waals surface area contributed by atoms with E-state index in [1.54, 1.807) is 35.5 Å². The zero-order valence-electron chi connectivity index (χ0n) is 15.1. The third-order valence-corrected chi connectivity index (χ3v) is 5.45. The van der Waals surface area contributed by atoms with Crippen LogP contribution in [0, 0.1) is 5.82 Å². The van der Waals surface area contributed by atoms with Crippen molar-refractivity contribution < 1.29 is 22.4 Å². The van der Waals surface area contributed by atoms with Crippen LogP contribution < -0.4 is 14.6 Å². The molecule has 0 aliphatic carbocycles. The Kier molecular flexibility index (Phi) is 4.24. The number of hydrogen-bond donors (Lipinski definition) is 0. The van der Waals surface area contributed by atoms with Crippen molar-refractivity contribution in [3.05, 3.63) is 70.1 Å². The van der Waals surface area contributed by atoms with E-state index in [9.17, 15) is 17.6 Å². The summed E-state index contributed by atoms with van der Waals surface area (Å²) in [7, 11) is 0. The van der Waals surface area contributed by atoms with Gasteiger partial charge >= 0.3 is 6.18 Å². The maximum absolute atomic E-state index is 14.1. The van der Waals surface area contributed by atoms with Crippen molar-refractivity contribution in [2.45, 2.75) is 6.18 Å². The van der Waals surface area contributed by atoms with E-state index in [-0.39, 0.29) is 11.0 Å². The molecular weight excluding hydrogens is 420 g/mol. The highest BCUT2D eigenvalue weighted by molar-refractivity contribution is 7.03. The molecule has 0 saturated heterocycles. The Morgan fingerprint density at radius 3 is 2.67 bits per heavy atom. The molecule has 1 aliphatic heterocycles. The number of alkyl halides is 3. The minimum atomic E-state index is -4.65. The van der Waals surface area contributed by atoms with Crippen LogP contribution >= 0.6 is 11.5 Å². The van der Waals surface area contributed by atoms with Crippen LogP contribution in [0.4, 0.5) is 17.6 Å². The lowest BCUT2D eigenvalue weighted by atomic mass is 10.1. The largest absolute Gasteiger partial charge is 0.416 e. The van der Waals surface area contributed by atoms with Gasteiger partial charge in [0.05, 0.1) is 28.4 Å². The SMILES string of the molecule is Fc1cc(C(F)(F)F)cc2c1ncn2-c1ccc(ON2C=c3cnsc3=CC2)cc1. The molecule has 0 amide bonds. The summed E-state index contributed by atoms with van der Waals surface area (Å²) in [6, 6.07) is 8.04. The molecule has 10 heteroatoms. The van der Waals surface area contributed by atoms with E-state index in [1.165, 1.54) is 22.4 Å². The molecule has 0 saturated carbocycles. The minimum absolute atomic E-state index is 0.0347. The van der Waals surface area contributed by atoms with Crippen LogP contribution in [0.2, 0.25) is 0 Å². The van der Waals surface area contributed by atoms with Gasteiger partial charge in [0.15, 0.2) is 11.6 Å². The predicted molar refractivity (Wildman–Crippen MR) is 104 cm³/mol. The Labute approximate surface area is 170 Å². The summed E-state index contributed by atoms with van der Waals surface area (Å²) in [5.74, 6) is -0.473. The fourth-order valence-corrected chi connectivity index (χ4v) is 3.84. The molecule has 0 atom stereocenters. The third kappa shape index (κ3) is 3.28. The van der Waals surface area contributed by atoms with Crippen LogP contribution in [0.5, 0.6) is 5.75 Å². The summed E-state index contributed by atoms with van der Waals surface area (Å²) in [6.45, 7) is 0.558. The number of benzene rings is 2. The molecule has 1 aliphatic rings. The van der Waals surface area contributed by atoms with Gasteiger partial charge in [0, 0.05) is 17.1 Å². The molecule has 3 heterocycles. The second-order valence-electron chi connectivity index (χ2n) is 6.60. The van der Waals surface area contributed by atoms with Gasteiger partial charge in [-0.15, -0.1) is 0 Å². The summed E-state index contributed by atoms with van der Waals surface area (Å²) in [5, 5.41) is 2.62. The molecule has 2 aromatic carbocycles. The Balaban J connectivity index is 1.44. The van der Waals surface area contributed by atoms with Crippen molar-refractivity contribution >= 4 is 34.8 Å². The van der Waals surface area contributed by atoms with Gasteiger partial charge in [-0.3, -0.25) is 4.57 Å². The van der Waals surface area contributed by atoms with Gasteiger partial charge in [0.2, 0.25) is 0 Å². The van der Waals surface area contributed by atoms with Crippen molar-refractivity contribution in [2.24, 2.45) is 0 Å². The van der Waals surface area contributed by atoms with Gasteiger partial charge in [-0.1, -0.05) is 0 Å². The molecule has 5 nitrogen and oxygen atoms in total. The highest BCUT2D eigenvalue weighted by Gasteiger charge is 2.32. The lowest BCUT2D eigenvalue weighted by Gasteiger charge is -2.20. The number of aromatic nitrogens is 3. The first-order chi connectivity index (χ1) is 14.4. The number of imidazole rings is 1. The average molecular weight is 432 g/mol. The highest BCUT2D eigenvalue weighted by atomic mass is 32.1. The van der Waals surface area contributed by atoms with E-state index in [4.69, 9.17) is 4.84 Å². The van der Waals surface area contributed by atoms with E-state index >= 15 is 0 Å². The van der Waals surface area contributed by atoms with Crippen molar-refractivity contribution in [2.75, 3.05) is 6.54 Å². The molecule has 152 valence electrons. The number of hydroxylamine groups is 2. The van der Waals surface area contributed by atoms with Crippen LogP contribution in [0.3, 0.4) is 0 Å². The molecule has 4 aromatic rings. The number of fused-ring (bicyclic) bond motifs is 2. The molecule has 0 bridgehead atoms. The summed E-state index contributed by atoms with van der Waals surface area (Å²) in [5.41, 5.74) is -0.620. The summed E-state index contributed by atoms with van der Waals surface area (Å²) >= 11 is 1.41. The number of hydrogen-bond acceptors (Lipinski definition) is 5. The van der Waals surface area contributed by atoms with Crippen LogP contribution in [-0.2, 0) is 6.18 Å². The quantitative estimate of drug-likeness (QED) is 0.465. The number of rotatable bonds is 3. The first kappa shape index (κ1) is 18.6. The van der Waals surface area contributed by atoms with E-state index in [2.05, 4.69) is 9.36 Å². The molecule has 2 aromatic heterocycles. The molecular formula is C20H12F4N4OS. The van der Waals surface area contributed by atoms with Gasteiger partial charge < -0.3 is 4.84 Å². The first-order valence-corrected chi connectivity index (χ1v) is 9.57. The molecule has 5 rings (SSSR count). The second-order valence-corrected chi connectivity index (χ2v) is 7.43. The Bertz CT molecular complexity index is 1360. The lowest BCUT2D eigenvalue weighted by molar-refractivity contribution is -0.137. The Morgan fingerprint density at radius 1 is 1.10 bits per heavy atom. The molecule has 30 heavy (non-hydrogen) atoms. The molecule has 0 N–H and O–H groups in total. The van der Waals surface area contributed by atoms with Crippen molar-refractivity contribution in [3.8, 4) is 11.4 Å². The molecule has 0 unspecified atom stereocenters. The first-order valence-electron chi connectivity index (χ1n) is 8.80.